The molecule has 1 fully saturated rings. The van der Waals surface area contributed by atoms with Crippen molar-refractivity contribution < 1.29 is 24.5 Å². The number of carboxylic acids is 2. The molecule has 162 valence electrons. The predicted molar refractivity (Wildman–Crippen MR) is 117 cm³/mol. The maximum absolute atomic E-state index is 12.3. The number of piperazine rings is 1. The van der Waals surface area contributed by atoms with Crippen molar-refractivity contribution in [2.75, 3.05) is 38.2 Å². The lowest BCUT2D eigenvalue weighted by Crippen LogP contribution is -2.49. The average molecular weight is 423 g/mol. The molecule has 0 bridgehead atoms. The number of aliphatic carboxylic acids is 1. The average Bonchev–Trinajstić information content (AvgIpc) is 3.09. The van der Waals surface area contributed by atoms with E-state index >= 15 is 0 Å². The molecular formula is C23H25N3O5. The zero-order valence-corrected chi connectivity index (χ0v) is 17.5. The molecule has 2 heterocycles. The molecule has 3 aromatic rings. The largest absolute Gasteiger partial charge is 0.497 e. The number of aryl methyl sites for hydroxylation is 1. The number of carboxylic acid groups (broad SMARTS) is 2. The first-order valence-electron chi connectivity index (χ1n) is 10.1. The molecule has 0 unspecified atom stereocenters. The highest BCUT2D eigenvalue weighted by atomic mass is 16.5. The van der Waals surface area contributed by atoms with Crippen molar-refractivity contribution >= 4 is 28.5 Å². The lowest BCUT2D eigenvalue weighted by Gasteiger charge is -2.38. The number of aromatic nitrogens is 1. The van der Waals surface area contributed by atoms with Crippen molar-refractivity contribution in [3.8, 4) is 5.75 Å². The van der Waals surface area contributed by atoms with Crippen LogP contribution in [0.5, 0.6) is 5.75 Å². The van der Waals surface area contributed by atoms with Crippen molar-refractivity contribution in [1.29, 1.82) is 0 Å². The molecule has 8 heteroatoms. The fourth-order valence-corrected chi connectivity index (χ4v) is 4.28. The Balaban J connectivity index is 1.57. The summed E-state index contributed by atoms with van der Waals surface area (Å²) in [5, 5.41) is 20.1. The van der Waals surface area contributed by atoms with E-state index in [-0.39, 0.29) is 5.56 Å². The summed E-state index contributed by atoms with van der Waals surface area (Å²) < 4.78 is 7.00. The van der Waals surface area contributed by atoms with Crippen LogP contribution in [0.3, 0.4) is 0 Å². The van der Waals surface area contributed by atoms with Crippen molar-refractivity contribution in [1.82, 2.24) is 9.47 Å². The van der Waals surface area contributed by atoms with Crippen LogP contribution in [0.15, 0.2) is 48.7 Å². The van der Waals surface area contributed by atoms with Crippen LogP contribution in [-0.2, 0) is 11.8 Å². The first-order chi connectivity index (χ1) is 14.9. The molecule has 0 spiro atoms. The van der Waals surface area contributed by atoms with E-state index < -0.39 is 18.0 Å². The van der Waals surface area contributed by atoms with E-state index in [1.165, 1.54) is 6.07 Å². The first kappa shape index (κ1) is 20.7. The second-order valence-electron chi connectivity index (χ2n) is 7.69. The third-order valence-electron chi connectivity index (χ3n) is 5.91. The molecule has 1 aromatic heterocycles. The van der Waals surface area contributed by atoms with E-state index in [2.05, 4.69) is 4.90 Å². The van der Waals surface area contributed by atoms with Crippen LogP contribution in [-0.4, -0.2) is 64.9 Å². The number of anilines is 1. The van der Waals surface area contributed by atoms with E-state index in [0.29, 0.717) is 37.3 Å². The van der Waals surface area contributed by atoms with E-state index in [0.717, 1.165) is 16.8 Å². The Morgan fingerprint density at radius 3 is 2.26 bits per heavy atom. The molecule has 1 aliphatic rings. The highest BCUT2D eigenvalue weighted by Gasteiger charge is 2.32. The van der Waals surface area contributed by atoms with Crippen molar-refractivity contribution in [3.63, 3.8) is 0 Å². The number of nitrogens with zero attached hydrogens (tertiary/aromatic N) is 3. The third-order valence-corrected chi connectivity index (χ3v) is 5.91. The summed E-state index contributed by atoms with van der Waals surface area (Å²) in [4.78, 5) is 27.8. The number of ether oxygens (including phenoxy) is 1. The zero-order chi connectivity index (χ0) is 22.1. The van der Waals surface area contributed by atoms with Gasteiger partial charge in [-0.3, -0.25) is 9.69 Å². The summed E-state index contributed by atoms with van der Waals surface area (Å²) in [6.07, 6.45) is 1.80. The van der Waals surface area contributed by atoms with Gasteiger partial charge in [0.2, 0.25) is 0 Å². The van der Waals surface area contributed by atoms with E-state index in [4.69, 9.17) is 4.74 Å². The minimum absolute atomic E-state index is 0.181. The predicted octanol–water partition coefficient (Wildman–Crippen LogP) is 2.83. The number of hydrogen-bond donors (Lipinski definition) is 2. The monoisotopic (exact) mass is 423 g/mol. The number of methoxy groups -OCH3 is 1. The molecule has 2 aromatic carbocycles. The maximum Gasteiger partial charge on any atom is 0.335 e. The van der Waals surface area contributed by atoms with Crippen LogP contribution < -0.4 is 9.64 Å². The minimum atomic E-state index is -1.01. The summed E-state index contributed by atoms with van der Waals surface area (Å²) in [5.74, 6) is -1.11. The van der Waals surface area contributed by atoms with Crippen molar-refractivity contribution in [2.45, 2.75) is 6.04 Å². The second-order valence-corrected chi connectivity index (χ2v) is 7.69. The summed E-state index contributed by atoms with van der Waals surface area (Å²) in [6, 6.07) is 11.9. The Morgan fingerprint density at radius 2 is 1.68 bits per heavy atom. The summed E-state index contributed by atoms with van der Waals surface area (Å²) >= 11 is 0. The van der Waals surface area contributed by atoms with Crippen LogP contribution in [0, 0.1) is 0 Å². The molecule has 2 N–H and O–H groups in total. The van der Waals surface area contributed by atoms with Gasteiger partial charge in [-0.05, 0) is 36.4 Å². The molecule has 4 rings (SSSR count). The Hall–Kier alpha value is -3.52. The molecule has 0 radical (unpaired) electrons. The fourth-order valence-electron chi connectivity index (χ4n) is 4.28. The van der Waals surface area contributed by atoms with E-state index in [1.54, 1.807) is 37.1 Å². The molecule has 1 atom stereocenters. The SMILES string of the molecule is COc1ccc(N2CCN([C@@H](C(=O)O)c3cn(C)c4cc(C(=O)O)ccc34)CC2)cc1. The molecule has 31 heavy (non-hydrogen) atoms. The van der Waals surface area contributed by atoms with Gasteiger partial charge in [0, 0.05) is 61.6 Å². The quantitative estimate of drug-likeness (QED) is 0.629. The van der Waals surface area contributed by atoms with Gasteiger partial charge >= 0.3 is 11.9 Å². The molecule has 1 saturated heterocycles. The summed E-state index contributed by atoms with van der Waals surface area (Å²) in [6.45, 7) is 2.63. The van der Waals surface area contributed by atoms with E-state index in [1.807, 2.05) is 29.2 Å². The van der Waals surface area contributed by atoms with Gasteiger partial charge in [-0.1, -0.05) is 6.07 Å². The maximum atomic E-state index is 12.3. The lowest BCUT2D eigenvalue weighted by atomic mass is 10.0. The van der Waals surface area contributed by atoms with Gasteiger partial charge in [-0.2, -0.15) is 0 Å². The number of aromatic carboxylic acids is 1. The number of rotatable bonds is 6. The van der Waals surface area contributed by atoms with Gasteiger partial charge in [-0.15, -0.1) is 0 Å². The Kier molecular flexibility index (Phi) is 5.56. The van der Waals surface area contributed by atoms with Crippen molar-refractivity contribution in [2.24, 2.45) is 7.05 Å². The number of hydrogen-bond acceptors (Lipinski definition) is 5. The fraction of sp³-hybridized carbons (Fsp3) is 0.304. The topological polar surface area (TPSA) is 95.2 Å². The Labute approximate surface area is 179 Å². The normalized spacial score (nSPS) is 15.7. The second kappa shape index (κ2) is 8.31. The zero-order valence-electron chi connectivity index (χ0n) is 17.5. The molecular weight excluding hydrogens is 398 g/mol. The summed E-state index contributed by atoms with van der Waals surface area (Å²) in [7, 11) is 3.44. The van der Waals surface area contributed by atoms with Crippen LogP contribution in [0.25, 0.3) is 10.9 Å². The Bertz CT molecular complexity index is 1110. The lowest BCUT2D eigenvalue weighted by molar-refractivity contribution is -0.143. The molecule has 0 amide bonds. The van der Waals surface area contributed by atoms with Crippen LogP contribution in [0.4, 0.5) is 5.69 Å². The van der Waals surface area contributed by atoms with Crippen LogP contribution in [0.1, 0.15) is 22.0 Å². The molecule has 8 nitrogen and oxygen atoms in total. The first-order valence-corrected chi connectivity index (χ1v) is 10.1. The van der Waals surface area contributed by atoms with Gasteiger partial charge < -0.3 is 24.4 Å². The highest BCUT2D eigenvalue weighted by molar-refractivity contribution is 5.96. The Morgan fingerprint density at radius 1 is 1.00 bits per heavy atom. The van der Waals surface area contributed by atoms with Crippen LogP contribution >= 0.6 is 0 Å². The third kappa shape index (κ3) is 3.94. The van der Waals surface area contributed by atoms with E-state index in [9.17, 15) is 19.8 Å². The summed E-state index contributed by atoms with van der Waals surface area (Å²) in [5.41, 5.74) is 2.65. The van der Waals surface area contributed by atoms with Crippen LogP contribution in [0.2, 0.25) is 0 Å². The van der Waals surface area contributed by atoms with Gasteiger partial charge in [-0.25, -0.2) is 4.79 Å². The van der Waals surface area contributed by atoms with Crippen molar-refractivity contribution in [3.05, 3.63) is 59.8 Å². The van der Waals surface area contributed by atoms with Gasteiger partial charge in [0.25, 0.3) is 0 Å². The highest BCUT2D eigenvalue weighted by Crippen LogP contribution is 2.32. The van der Waals surface area contributed by atoms with Gasteiger partial charge in [0.15, 0.2) is 0 Å². The molecule has 1 aliphatic heterocycles. The number of carbonyl (C=O) groups is 2. The van der Waals surface area contributed by atoms with Gasteiger partial charge in [0.05, 0.1) is 12.7 Å². The minimum Gasteiger partial charge on any atom is -0.497 e. The van der Waals surface area contributed by atoms with Gasteiger partial charge in [0.1, 0.15) is 11.8 Å². The molecule has 0 aliphatic carbocycles. The smallest absolute Gasteiger partial charge is 0.335 e. The number of fused-ring (bicyclic) bond motifs is 1. The number of benzene rings is 2. The standard InChI is InChI=1S/C23H25N3O5/c1-24-14-19(18-8-3-15(22(27)28)13-20(18)24)21(23(29)30)26-11-9-25(10-12-26)16-4-6-17(31-2)7-5-16/h3-8,13-14,21H,9-12H2,1-2H3,(H,27,28)(H,29,30)/t21-/m1/s1. The molecule has 0 saturated carbocycles.